The number of thioether (sulfide) groups is 1. The van der Waals surface area contributed by atoms with E-state index in [0.717, 1.165) is 11.6 Å². The molecule has 0 unspecified atom stereocenters. The lowest BCUT2D eigenvalue weighted by Gasteiger charge is -2.08. The lowest BCUT2D eigenvalue weighted by Crippen LogP contribution is -2.21. The van der Waals surface area contributed by atoms with E-state index in [1.807, 2.05) is 18.0 Å². The predicted octanol–water partition coefficient (Wildman–Crippen LogP) is 3.47. The van der Waals surface area contributed by atoms with Gasteiger partial charge in [-0.15, -0.1) is 11.8 Å². The summed E-state index contributed by atoms with van der Waals surface area (Å²) in [5, 5.41) is 4.53. The Morgan fingerprint density at radius 1 is 1.38 bits per heavy atom. The van der Waals surface area contributed by atoms with Crippen molar-refractivity contribution in [3.05, 3.63) is 23.9 Å². The minimum atomic E-state index is 0.526. The zero-order valence-electron chi connectivity index (χ0n) is 10.5. The van der Waals surface area contributed by atoms with Gasteiger partial charge in [-0.2, -0.15) is 0 Å². The van der Waals surface area contributed by atoms with E-state index in [-0.39, 0.29) is 0 Å². The van der Waals surface area contributed by atoms with Gasteiger partial charge in [0, 0.05) is 18.8 Å². The Kier molecular flexibility index (Phi) is 6.50. The van der Waals surface area contributed by atoms with Gasteiger partial charge in [0.1, 0.15) is 0 Å². The normalized spacial score (nSPS) is 11.0. The van der Waals surface area contributed by atoms with Crippen LogP contribution in [0.1, 0.15) is 39.2 Å². The number of nitrogens with one attached hydrogen (secondary N) is 1. The second-order valence-electron chi connectivity index (χ2n) is 4.24. The van der Waals surface area contributed by atoms with Crippen molar-refractivity contribution in [3.63, 3.8) is 0 Å². The molecule has 0 radical (unpaired) electrons. The number of aromatic nitrogens is 1. The van der Waals surface area contributed by atoms with Crippen molar-refractivity contribution in [1.29, 1.82) is 0 Å². The van der Waals surface area contributed by atoms with Crippen molar-refractivity contribution >= 4 is 11.8 Å². The Bertz CT molecular complexity index is 282. The van der Waals surface area contributed by atoms with Crippen molar-refractivity contribution < 1.29 is 0 Å². The molecule has 0 bridgehead atoms. The Morgan fingerprint density at radius 2 is 2.19 bits per heavy atom. The number of hydrogen-bond acceptors (Lipinski definition) is 3. The van der Waals surface area contributed by atoms with Gasteiger partial charge in [0.25, 0.3) is 0 Å². The van der Waals surface area contributed by atoms with E-state index < -0.39 is 0 Å². The van der Waals surface area contributed by atoms with Crippen molar-refractivity contribution in [3.8, 4) is 0 Å². The first kappa shape index (κ1) is 13.5. The first-order chi connectivity index (χ1) is 7.72. The molecule has 0 fully saturated rings. The smallest absolute Gasteiger partial charge is 0.0960 e. The molecule has 0 spiro atoms. The van der Waals surface area contributed by atoms with Gasteiger partial charge in [-0.05, 0) is 23.8 Å². The third-order valence-electron chi connectivity index (χ3n) is 2.26. The first-order valence-electron chi connectivity index (χ1n) is 6.03. The molecule has 0 amide bonds. The second-order valence-corrected chi connectivity index (χ2v) is 5.36. The summed E-state index contributed by atoms with van der Waals surface area (Å²) in [6, 6.07) is 4.81. The molecule has 1 aromatic rings. The lowest BCUT2D eigenvalue weighted by atomic mass is 10.2. The van der Waals surface area contributed by atoms with Gasteiger partial charge in [0.15, 0.2) is 0 Å². The van der Waals surface area contributed by atoms with E-state index in [2.05, 4.69) is 43.2 Å². The monoisotopic (exact) mass is 238 g/mol. The summed E-state index contributed by atoms with van der Waals surface area (Å²) in [5.74, 6) is 1.17. The van der Waals surface area contributed by atoms with Gasteiger partial charge in [0.05, 0.1) is 5.03 Å². The van der Waals surface area contributed by atoms with Crippen molar-refractivity contribution in [2.45, 2.75) is 51.2 Å². The fourth-order valence-electron chi connectivity index (χ4n) is 1.24. The van der Waals surface area contributed by atoms with Crippen LogP contribution in [0.5, 0.6) is 0 Å². The van der Waals surface area contributed by atoms with E-state index in [0.29, 0.717) is 6.04 Å². The zero-order valence-corrected chi connectivity index (χ0v) is 11.3. The van der Waals surface area contributed by atoms with E-state index in [9.17, 15) is 0 Å². The molecule has 1 N–H and O–H groups in total. The Balaban J connectivity index is 2.35. The number of pyridine rings is 1. The van der Waals surface area contributed by atoms with Gasteiger partial charge in [-0.3, -0.25) is 0 Å². The molecule has 1 heterocycles. The average molecular weight is 238 g/mol. The van der Waals surface area contributed by atoms with E-state index >= 15 is 0 Å². The van der Waals surface area contributed by atoms with Crippen LogP contribution in [0, 0.1) is 0 Å². The molecule has 1 aromatic heterocycles. The van der Waals surface area contributed by atoms with Crippen LogP contribution in [0.2, 0.25) is 0 Å². The SMILES string of the molecule is CCCCSc1ccc(CNC(C)C)cn1. The van der Waals surface area contributed by atoms with Crippen LogP contribution >= 0.6 is 11.8 Å². The Morgan fingerprint density at radius 3 is 2.75 bits per heavy atom. The Labute approximate surface area is 103 Å². The zero-order chi connectivity index (χ0) is 11.8. The quantitative estimate of drug-likeness (QED) is 0.581. The fourth-order valence-corrected chi connectivity index (χ4v) is 2.18. The summed E-state index contributed by atoms with van der Waals surface area (Å²) < 4.78 is 0. The standard InChI is InChI=1S/C13H22N2S/c1-4-5-8-16-13-7-6-12(10-15-13)9-14-11(2)3/h6-7,10-11,14H,4-5,8-9H2,1-3H3. The maximum Gasteiger partial charge on any atom is 0.0960 e. The highest BCUT2D eigenvalue weighted by molar-refractivity contribution is 7.99. The molecule has 0 aliphatic heterocycles. The van der Waals surface area contributed by atoms with Crippen molar-refractivity contribution in [2.24, 2.45) is 0 Å². The average Bonchev–Trinajstić information content (AvgIpc) is 2.28. The molecule has 1 rings (SSSR count). The van der Waals surface area contributed by atoms with Crippen LogP contribution in [0.15, 0.2) is 23.4 Å². The van der Waals surface area contributed by atoms with Gasteiger partial charge in [0.2, 0.25) is 0 Å². The summed E-state index contributed by atoms with van der Waals surface area (Å²) in [6.45, 7) is 7.43. The lowest BCUT2D eigenvalue weighted by molar-refractivity contribution is 0.587. The largest absolute Gasteiger partial charge is 0.310 e. The first-order valence-corrected chi connectivity index (χ1v) is 7.02. The number of nitrogens with zero attached hydrogens (tertiary/aromatic N) is 1. The third kappa shape index (κ3) is 5.52. The van der Waals surface area contributed by atoms with Crippen LogP contribution in [-0.2, 0) is 6.54 Å². The molecule has 3 heteroatoms. The number of rotatable bonds is 7. The van der Waals surface area contributed by atoms with Crippen LogP contribution in [0.25, 0.3) is 0 Å². The van der Waals surface area contributed by atoms with E-state index in [4.69, 9.17) is 0 Å². The molecular weight excluding hydrogens is 216 g/mol. The highest BCUT2D eigenvalue weighted by Crippen LogP contribution is 2.16. The minimum Gasteiger partial charge on any atom is -0.310 e. The number of unbranched alkanes of at least 4 members (excludes halogenated alkanes) is 1. The molecule has 2 nitrogen and oxygen atoms in total. The molecule has 0 aliphatic rings. The maximum absolute atomic E-state index is 4.45. The van der Waals surface area contributed by atoms with Crippen LogP contribution in [-0.4, -0.2) is 16.8 Å². The Hall–Kier alpha value is -0.540. The molecule has 0 atom stereocenters. The highest BCUT2D eigenvalue weighted by atomic mass is 32.2. The van der Waals surface area contributed by atoms with Crippen LogP contribution in [0.4, 0.5) is 0 Å². The molecule has 90 valence electrons. The molecular formula is C13H22N2S. The van der Waals surface area contributed by atoms with Crippen LogP contribution < -0.4 is 5.32 Å². The summed E-state index contributed by atoms with van der Waals surface area (Å²) >= 11 is 1.85. The molecule has 0 saturated heterocycles. The number of hydrogen-bond donors (Lipinski definition) is 1. The molecule has 0 aromatic carbocycles. The third-order valence-corrected chi connectivity index (χ3v) is 3.29. The summed E-state index contributed by atoms with van der Waals surface area (Å²) in [6.07, 6.45) is 4.50. The van der Waals surface area contributed by atoms with Gasteiger partial charge < -0.3 is 5.32 Å². The van der Waals surface area contributed by atoms with Gasteiger partial charge in [-0.25, -0.2) is 4.98 Å². The minimum absolute atomic E-state index is 0.526. The van der Waals surface area contributed by atoms with Gasteiger partial charge >= 0.3 is 0 Å². The maximum atomic E-state index is 4.45. The van der Waals surface area contributed by atoms with Crippen molar-refractivity contribution in [2.75, 3.05) is 5.75 Å². The topological polar surface area (TPSA) is 24.9 Å². The second kappa shape index (κ2) is 7.69. The molecule has 0 aliphatic carbocycles. The van der Waals surface area contributed by atoms with E-state index in [1.54, 1.807) is 0 Å². The van der Waals surface area contributed by atoms with Gasteiger partial charge in [-0.1, -0.05) is 33.3 Å². The summed E-state index contributed by atoms with van der Waals surface area (Å²) in [5.41, 5.74) is 1.26. The molecule has 16 heavy (non-hydrogen) atoms. The fraction of sp³-hybridized carbons (Fsp3) is 0.615. The van der Waals surface area contributed by atoms with Crippen LogP contribution in [0.3, 0.4) is 0 Å². The predicted molar refractivity (Wildman–Crippen MR) is 71.8 cm³/mol. The summed E-state index contributed by atoms with van der Waals surface area (Å²) in [7, 11) is 0. The summed E-state index contributed by atoms with van der Waals surface area (Å²) in [4.78, 5) is 4.45. The molecule has 0 saturated carbocycles. The highest BCUT2D eigenvalue weighted by Gasteiger charge is 1.98. The van der Waals surface area contributed by atoms with E-state index in [1.165, 1.54) is 24.2 Å². The van der Waals surface area contributed by atoms with Crippen molar-refractivity contribution in [1.82, 2.24) is 10.3 Å².